The molecular weight excluding hydrogens is 172 g/mol. The Morgan fingerprint density at radius 1 is 1.58 bits per heavy atom. The zero-order valence-electron chi connectivity index (χ0n) is 6.71. The smallest absolute Gasteiger partial charge is 0.0700 e. The van der Waals surface area contributed by atoms with E-state index in [9.17, 15) is 0 Å². The van der Waals surface area contributed by atoms with Gasteiger partial charge in [-0.3, -0.25) is 0 Å². The van der Waals surface area contributed by atoms with Crippen LogP contribution in [0.1, 0.15) is 18.4 Å². The van der Waals surface area contributed by atoms with Crippen molar-refractivity contribution in [1.29, 1.82) is 5.26 Å². The first-order valence-corrected chi connectivity index (χ1v) is 3.97. The average molecular weight is 181 g/mol. The minimum Gasteiger partial charge on any atom is -0.398 e. The fourth-order valence-electron chi connectivity index (χ4n) is 0.887. The van der Waals surface area contributed by atoms with Gasteiger partial charge in [-0.15, -0.1) is 0 Å². The first-order chi connectivity index (χ1) is 5.65. The van der Waals surface area contributed by atoms with Crippen LogP contribution in [0, 0.1) is 11.3 Å². The second kappa shape index (κ2) is 3.46. The van der Waals surface area contributed by atoms with Crippen LogP contribution in [0.15, 0.2) is 18.2 Å². The first-order valence-electron chi connectivity index (χ1n) is 3.59. The molecule has 0 radical (unpaired) electrons. The molecule has 1 atom stereocenters. The van der Waals surface area contributed by atoms with Gasteiger partial charge >= 0.3 is 0 Å². The number of anilines is 1. The van der Waals surface area contributed by atoms with Crippen LogP contribution in [0.3, 0.4) is 0 Å². The van der Waals surface area contributed by atoms with Gasteiger partial charge in [-0.1, -0.05) is 17.7 Å². The van der Waals surface area contributed by atoms with E-state index in [4.69, 9.17) is 22.6 Å². The maximum Gasteiger partial charge on any atom is 0.0700 e. The SMILES string of the molecule is CC(C#N)c1ccc(N)c(Cl)c1. The molecule has 0 heterocycles. The minimum absolute atomic E-state index is 0.136. The topological polar surface area (TPSA) is 49.8 Å². The molecule has 1 aromatic rings. The number of hydrogen-bond acceptors (Lipinski definition) is 2. The lowest BCUT2D eigenvalue weighted by Gasteiger charge is -2.04. The van der Waals surface area contributed by atoms with Crippen LogP contribution >= 0.6 is 11.6 Å². The summed E-state index contributed by atoms with van der Waals surface area (Å²) in [4.78, 5) is 0. The van der Waals surface area contributed by atoms with E-state index in [-0.39, 0.29) is 5.92 Å². The van der Waals surface area contributed by atoms with Gasteiger partial charge in [0.05, 0.1) is 22.7 Å². The summed E-state index contributed by atoms with van der Waals surface area (Å²) in [6.07, 6.45) is 0. The van der Waals surface area contributed by atoms with Gasteiger partial charge in [0.1, 0.15) is 0 Å². The number of rotatable bonds is 1. The van der Waals surface area contributed by atoms with Crippen molar-refractivity contribution in [2.45, 2.75) is 12.8 Å². The summed E-state index contributed by atoms with van der Waals surface area (Å²) in [6.45, 7) is 1.82. The van der Waals surface area contributed by atoms with Crippen molar-refractivity contribution in [1.82, 2.24) is 0 Å². The summed E-state index contributed by atoms with van der Waals surface area (Å²) < 4.78 is 0. The molecule has 12 heavy (non-hydrogen) atoms. The quantitative estimate of drug-likeness (QED) is 0.676. The average Bonchev–Trinajstić information content (AvgIpc) is 2.08. The highest BCUT2D eigenvalue weighted by molar-refractivity contribution is 6.33. The molecule has 1 rings (SSSR count). The van der Waals surface area contributed by atoms with E-state index in [0.717, 1.165) is 5.56 Å². The van der Waals surface area contributed by atoms with Gasteiger partial charge in [0.2, 0.25) is 0 Å². The molecule has 0 fully saturated rings. The third kappa shape index (κ3) is 1.69. The van der Waals surface area contributed by atoms with Crippen LogP contribution in [0.2, 0.25) is 5.02 Å². The van der Waals surface area contributed by atoms with Gasteiger partial charge in [-0.2, -0.15) is 5.26 Å². The molecule has 0 spiro atoms. The molecule has 0 saturated carbocycles. The molecule has 0 saturated heterocycles. The fourth-order valence-corrected chi connectivity index (χ4v) is 1.08. The number of nitrogens with two attached hydrogens (primary N) is 1. The summed E-state index contributed by atoms with van der Waals surface area (Å²) in [5, 5.41) is 9.13. The Labute approximate surface area is 76.6 Å². The Hall–Kier alpha value is -1.20. The monoisotopic (exact) mass is 180 g/mol. The van der Waals surface area contributed by atoms with Crippen molar-refractivity contribution in [2.75, 3.05) is 5.73 Å². The Morgan fingerprint density at radius 2 is 2.25 bits per heavy atom. The summed E-state index contributed by atoms with van der Waals surface area (Å²) in [7, 11) is 0. The fraction of sp³-hybridized carbons (Fsp3) is 0.222. The number of halogens is 1. The van der Waals surface area contributed by atoms with Crippen molar-refractivity contribution in [3.8, 4) is 6.07 Å². The van der Waals surface area contributed by atoms with Gasteiger partial charge in [-0.05, 0) is 24.6 Å². The van der Waals surface area contributed by atoms with Crippen LogP contribution < -0.4 is 5.73 Å². The van der Waals surface area contributed by atoms with Crippen molar-refractivity contribution in [3.63, 3.8) is 0 Å². The summed E-state index contributed by atoms with van der Waals surface area (Å²) in [6, 6.07) is 7.38. The van der Waals surface area contributed by atoms with E-state index in [1.165, 1.54) is 0 Å². The number of nitrogens with zero attached hydrogens (tertiary/aromatic N) is 1. The zero-order valence-corrected chi connectivity index (χ0v) is 7.47. The second-order valence-corrected chi connectivity index (χ2v) is 3.04. The van der Waals surface area contributed by atoms with E-state index in [1.807, 2.05) is 13.0 Å². The molecule has 0 aromatic heterocycles. The molecule has 0 aliphatic carbocycles. The second-order valence-electron chi connectivity index (χ2n) is 2.63. The zero-order chi connectivity index (χ0) is 9.14. The standard InChI is InChI=1S/C9H9ClN2/c1-6(5-11)7-2-3-9(12)8(10)4-7/h2-4,6H,12H2,1H3. The molecule has 0 amide bonds. The Morgan fingerprint density at radius 3 is 2.75 bits per heavy atom. The maximum absolute atomic E-state index is 8.62. The highest BCUT2D eigenvalue weighted by atomic mass is 35.5. The number of benzene rings is 1. The maximum atomic E-state index is 8.62. The van der Waals surface area contributed by atoms with Crippen molar-refractivity contribution < 1.29 is 0 Å². The van der Waals surface area contributed by atoms with Crippen LogP contribution in [-0.4, -0.2) is 0 Å². The molecule has 1 unspecified atom stereocenters. The Kier molecular flexibility index (Phi) is 2.57. The Bertz CT molecular complexity index is 328. The number of nitriles is 1. The van der Waals surface area contributed by atoms with E-state index < -0.39 is 0 Å². The molecule has 3 heteroatoms. The molecule has 62 valence electrons. The summed E-state index contributed by atoms with van der Waals surface area (Å²) in [5.41, 5.74) is 6.96. The lowest BCUT2D eigenvalue weighted by Crippen LogP contribution is -1.92. The van der Waals surface area contributed by atoms with Crippen molar-refractivity contribution >= 4 is 17.3 Å². The third-order valence-electron chi connectivity index (χ3n) is 1.72. The number of nitrogen functional groups attached to an aromatic ring is 1. The molecule has 0 bridgehead atoms. The lowest BCUT2D eigenvalue weighted by atomic mass is 10.0. The predicted octanol–water partition coefficient (Wildman–Crippen LogP) is 2.55. The molecule has 2 N–H and O–H groups in total. The van der Waals surface area contributed by atoms with Gasteiger partial charge in [0, 0.05) is 0 Å². The van der Waals surface area contributed by atoms with E-state index in [2.05, 4.69) is 6.07 Å². The van der Waals surface area contributed by atoms with E-state index >= 15 is 0 Å². The van der Waals surface area contributed by atoms with E-state index in [0.29, 0.717) is 10.7 Å². The highest BCUT2D eigenvalue weighted by Crippen LogP contribution is 2.23. The van der Waals surface area contributed by atoms with Gasteiger partial charge < -0.3 is 5.73 Å². The Balaban J connectivity index is 3.06. The van der Waals surface area contributed by atoms with Crippen LogP contribution in [0.25, 0.3) is 0 Å². The highest BCUT2D eigenvalue weighted by Gasteiger charge is 2.04. The molecule has 1 aromatic carbocycles. The summed E-state index contributed by atoms with van der Waals surface area (Å²) >= 11 is 5.78. The van der Waals surface area contributed by atoms with Gasteiger partial charge in [0.15, 0.2) is 0 Å². The number of hydrogen-bond donors (Lipinski definition) is 1. The van der Waals surface area contributed by atoms with Crippen molar-refractivity contribution in [3.05, 3.63) is 28.8 Å². The van der Waals surface area contributed by atoms with Crippen molar-refractivity contribution in [2.24, 2.45) is 0 Å². The third-order valence-corrected chi connectivity index (χ3v) is 2.05. The van der Waals surface area contributed by atoms with Gasteiger partial charge in [0.25, 0.3) is 0 Å². The predicted molar refractivity (Wildman–Crippen MR) is 49.9 cm³/mol. The van der Waals surface area contributed by atoms with Gasteiger partial charge in [-0.25, -0.2) is 0 Å². The molecule has 2 nitrogen and oxygen atoms in total. The largest absolute Gasteiger partial charge is 0.398 e. The minimum atomic E-state index is -0.136. The van der Waals surface area contributed by atoms with E-state index in [1.54, 1.807) is 12.1 Å². The van der Waals surface area contributed by atoms with Crippen LogP contribution in [0.4, 0.5) is 5.69 Å². The normalized spacial score (nSPS) is 12.1. The first kappa shape index (κ1) is 8.89. The van der Waals surface area contributed by atoms with Crippen LogP contribution in [-0.2, 0) is 0 Å². The molecule has 0 aliphatic rings. The lowest BCUT2D eigenvalue weighted by molar-refractivity contribution is 0.982. The summed E-state index contributed by atoms with van der Waals surface area (Å²) in [5.74, 6) is -0.136. The van der Waals surface area contributed by atoms with Crippen LogP contribution in [0.5, 0.6) is 0 Å². The molecular formula is C9H9ClN2. The molecule has 0 aliphatic heterocycles.